The van der Waals surface area contributed by atoms with Crippen LogP contribution in [-0.2, 0) is 13.1 Å². The van der Waals surface area contributed by atoms with E-state index in [4.69, 9.17) is 17.0 Å². The number of methoxy groups -OCH3 is 1. The van der Waals surface area contributed by atoms with Crippen LogP contribution in [0.1, 0.15) is 11.4 Å². The van der Waals surface area contributed by atoms with E-state index in [2.05, 4.69) is 15.3 Å². The number of fused-ring (bicyclic) bond motifs is 1. The van der Waals surface area contributed by atoms with Crippen molar-refractivity contribution in [1.29, 1.82) is 0 Å². The van der Waals surface area contributed by atoms with Crippen molar-refractivity contribution in [1.82, 2.24) is 14.9 Å². The highest BCUT2D eigenvalue weighted by Gasteiger charge is 2.15. The van der Waals surface area contributed by atoms with Gasteiger partial charge in [0.05, 0.1) is 30.2 Å². The standard InChI is InChI=1S/C24H22N4O2S/c1-30-21-14-8-7-13-20(21)26-24(31)28(15-17-9-3-2-4-10-17)16-22-25-19-12-6-5-11-18(19)23(29)27-22/h2-14H,15-16H2,1H3,(H,26,31)(H,25,27,29). The molecule has 0 aliphatic rings. The van der Waals surface area contributed by atoms with Crippen LogP contribution >= 0.6 is 12.2 Å². The number of aromatic amines is 1. The van der Waals surface area contributed by atoms with Crippen LogP contribution in [0.4, 0.5) is 5.69 Å². The first-order valence-corrected chi connectivity index (χ1v) is 10.3. The molecule has 0 unspecified atom stereocenters. The summed E-state index contributed by atoms with van der Waals surface area (Å²) in [6.07, 6.45) is 0. The summed E-state index contributed by atoms with van der Waals surface area (Å²) in [6, 6.07) is 24.9. The van der Waals surface area contributed by atoms with Gasteiger partial charge in [-0.3, -0.25) is 4.79 Å². The Morgan fingerprint density at radius 1 is 1.00 bits per heavy atom. The van der Waals surface area contributed by atoms with Gasteiger partial charge in [-0.1, -0.05) is 54.6 Å². The first kappa shape index (κ1) is 20.6. The number of hydrogen-bond donors (Lipinski definition) is 2. The minimum atomic E-state index is -0.163. The second kappa shape index (κ2) is 9.40. The van der Waals surface area contributed by atoms with E-state index in [-0.39, 0.29) is 5.56 Å². The monoisotopic (exact) mass is 430 g/mol. The summed E-state index contributed by atoms with van der Waals surface area (Å²) in [7, 11) is 1.62. The van der Waals surface area contributed by atoms with Gasteiger partial charge in [0, 0.05) is 6.54 Å². The van der Waals surface area contributed by atoms with Crippen molar-refractivity contribution < 1.29 is 4.74 Å². The Kier molecular flexibility index (Phi) is 6.24. The number of hydrogen-bond acceptors (Lipinski definition) is 4. The van der Waals surface area contributed by atoms with Crippen LogP contribution in [0.2, 0.25) is 0 Å². The van der Waals surface area contributed by atoms with Crippen molar-refractivity contribution in [2.24, 2.45) is 0 Å². The molecule has 1 aromatic heterocycles. The molecular weight excluding hydrogens is 408 g/mol. The van der Waals surface area contributed by atoms with Gasteiger partial charge in [0.2, 0.25) is 0 Å². The van der Waals surface area contributed by atoms with Gasteiger partial charge in [-0.15, -0.1) is 0 Å². The fourth-order valence-electron chi connectivity index (χ4n) is 3.34. The second-order valence-corrected chi connectivity index (χ2v) is 7.39. The third kappa shape index (κ3) is 4.90. The normalized spacial score (nSPS) is 10.6. The van der Waals surface area contributed by atoms with Crippen LogP contribution in [0.5, 0.6) is 5.75 Å². The molecule has 4 rings (SSSR count). The molecule has 0 fully saturated rings. The van der Waals surface area contributed by atoms with Gasteiger partial charge < -0.3 is 19.9 Å². The largest absolute Gasteiger partial charge is 0.495 e. The van der Waals surface area contributed by atoms with Crippen molar-refractivity contribution in [2.45, 2.75) is 13.1 Å². The molecule has 0 spiro atoms. The molecule has 4 aromatic rings. The zero-order chi connectivity index (χ0) is 21.6. The fourth-order valence-corrected chi connectivity index (χ4v) is 3.58. The molecule has 6 nitrogen and oxygen atoms in total. The summed E-state index contributed by atoms with van der Waals surface area (Å²) in [5, 5.41) is 4.34. The molecule has 156 valence electrons. The number of para-hydroxylation sites is 3. The van der Waals surface area contributed by atoms with Crippen LogP contribution < -0.4 is 15.6 Å². The smallest absolute Gasteiger partial charge is 0.258 e. The van der Waals surface area contributed by atoms with E-state index in [1.165, 1.54) is 0 Å². The zero-order valence-electron chi connectivity index (χ0n) is 17.0. The lowest BCUT2D eigenvalue weighted by Gasteiger charge is -2.26. The quantitative estimate of drug-likeness (QED) is 0.444. The van der Waals surface area contributed by atoms with E-state index in [1.54, 1.807) is 13.2 Å². The average Bonchev–Trinajstić information content (AvgIpc) is 2.80. The van der Waals surface area contributed by atoms with Crippen molar-refractivity contribution >= 4 is 33.9 Å². The van der Waals surface area contributed by atoms with E-state index < -0.39 is 0 Å². The number of ether oxygens (including phenoxy) is 1. The van der Waals surface area contributed by atoms with E-state index in [9.17, 15) is 4.79 Å². The minimum absolute atomic E-state index is 0.163. The minimum Gasteiger partial charge on any atom is -0.495 e. The number of thiocarbonyl (C=S) groups is 1. The maximum Gasteiger partial charge on any atom is 0.258 e. The van der Waals surface area contributed by atoms with E-state index in [0.717, 1.165) is 11.3 Å². The van der Waals surface area contributed by atoms with Crippen LogP contribution in [0, 0.1) is 0 Å². The highest BCUT2D eigenvalue weighted by molar-refractivity contribution is 7.80. The van der Waals surface area contributed by atoms with Gasteiger partial charge in [0.25, 0.3) is 5.56 Å². The van der Waals surface area contributed by atoms with Crippen LogP contribution in [0.15, 0.2) is 83.7 Å². The topological polar surface area (TPSA) is 70.2 Å². The SMILES string of the molecule is COc1ccccc1NC(=S)N(Cc1ccccc1)Cc1nc2ccccc2c(=O)[nH]1. The highest BCUT2D eigenvalue weighted by Crippen LogP contribution is 2.24. The predicted molar refractivity (Wildman–Crippen MR) is 127 cm³/mol. The maximum absolute atomic E-state index is 12.5. The first-order valence-electron chi connectivity index (χ1n) is 9.85. The lowest BCUT2D eigenvalue weighted by Crippen LogP contribution is -2.35. The second-order valence-electron chi connectivity index (χ2n) is 7.00. The lowest BCUT2D eigenvalue weighted by atomic mass is 10.2. The van der Waals surface area contributed by atoms with Crippen molar-refractivity contribution in [2.75, 3.05) is 12.4 Å². The van der Waals surface area contributed by atoms with Crippen LogP contribution in [0.25, 0.3) is 10.9 Å². The molecular formula is C24H22N4O2S. The average molecular weight is 431 g/mol. The predicted octanol–water partition coefficient (Wildman–Crippen LogP) is 4.33. The van der Waals surface area contributed by atoms with Gasteiger partial charge in [-0.25, -0.2) is 4.98 Å². The van der Waals surface area contributed by atoms with Gasteiger partial charge in [0.15, 0.2) is 5.11 Å². The summed E-state index contributed by atoms with van der Waals surface area (Å²) in [5.41, 5.74) is 2.36. The summed E-state index contributed by atoms with van der Waals surface area (Å²) in [6.45, 7) is 0.897. The molecule has 3 aromatic carbocycles. The number of nitrogens with one attached hydrogen (secondary N) is 2. The lowest BCUT2D eigenvalue weighted by molar-refractivity contribution is 0.399. The molecule has 2 N–H and O–H groups in total. The summed E-state index contributed by atoms with van der Waals surface area (Å²) in [5.74, 6) is 1.24. The molecule has 0 saturated heterocycles. The van der Waals surface area contributed by atoms with E-state index in [0.29, 0.717) is 40.7 Å². The molecule has 0 aliphatic heterocycles. The van der Waals surface area contributed by atoms with Crippen LogP contribution in [-0.4, -0.2) is 27.1 Å². The summed E-state index contributed by atoms with van der Waals surface area (Å²) < 4.78 is 5.43. The number of rotatable bonds is 6. The molecule has 0 atom stereocenters. The van der Waals surface area contributed by atoms with Crippen molar-refractivity contribution in [3.63, 3.8) is 0 Å². The van der Waals surface area contributed by atoms with Gasteiger partial charge in [0.1, 0.15) is 11.6 Å². The Labute approximate surface area is 185 Å². The zero-order valence-corrected chi connectivity index (χ0v) is 17.9. The first-order chi connectivity index (χ1) is 15.1. The molecule has 0 aliphatic carbocycles. The Balaban J connectivity index is 1.64. The Morgan fingerprint density at radius 3 is 2.52 bits per heavy atom. The fraction of sp³-hybridized carbons (Fsp3) is 0.125. The summed E-state index contributed by atoms with van der Waals surface area (Å²) >= 11 is 5.73. The molecule has 0 amide bonds. The summed E-state index contributed by atoms with van der Waals surface area (Å²) in [4.78, 5) is 22.0. The Morgan fingerprint density at radius 2 is 1.71 bits per heavy atom. The molecule has 0 bridgehead atoms. The van der Waals surface area contributed by atoms with Gasteiger partial charge >= 0.3 is 0 Å². The van der Waals surface area contributed by atoms with Crippen molar-refractivity contribution in [3.05, 3.63) is 101 Å². The van der Waals surface area contributed by atoms with Crippen molar-refractivity contribution in [3.8, 4) is 5.75 Å². The molecule has 0 saturated carbocycles. The Hall–Kier alpha value is -3.71. The number of anilines is 1. The van der Waals surface area contributed by atoms with Crippen LogP contribution in [0.3, 0.4) is 0 Å². The molecule has 0 radical (unpaired) electrons. The molecule has 1 heterocycles. The number of nitrogens with zero attached hydrogens (tertiary/aromatic N) is 2. The highest BCUT2D eigenvalue weighted by atomic mass is 32.1. The molecule has 7 heteroatoms. The number of H-pyrrole nitrogens is 1. The Bertz CT molecular complexity index is 1260. The third-order valence-corrected chi connectivity index (χ3v) is 5.21. The number of benzene rings is 3. The molecule has 31 heavy (non-hydrogen) atoms. The maximum atomic E-state index is 12.5. The van der Waals surface area contributed by atoms with Gasteiger partial charge in [-0.2, -0.15) is 0 Å². The van der Waals surface area contributed by atoms with E-state index >= 15 is 0 Å². The van der Waals surface area contributed by atoms with Gasteiger partial charge in [-0.05, 0) is 42.0 Å². The third-order valence-electron chi connectivity index (χ3n) is 4.85. The van der Waals surface area contributed by atoms with E-state index in [1.807, 2.05) is 77.7 Å². The number of aromatic nitrogens is 2.